The molecule has 3 aromatic rings. The largest absolute Gasteiger partial charge is 0.496 e. The highest BCUT2D eigenvalue weighted by molar-refractivity contribution is 6.62. The number of nitriles is 1. The summed E-state index contributed by atoms with van der Waals surface area (Å²) in [5.41, 5.74) is 0.656. The Morgan fingerprint density at radius 2 is 1.97 bits per heavy atom. The third-order valence-electron chi connectivity index (χ3n) is 5.73. The molecule has 0 aliphatic carbocycles. The van der Waals surface area contributed by atoms with Crippen molar-refractivity contribution in [3.63, 3.8) is 0 Å². The fraction of sp³-hybridized carbons (Fsp3) is 0.381. The number of halogens is 1. The Kier molecular flexibility index (Phi) is 5.21. The average Bonchev–Trinajstić information content (AvgIpc) is 3.23. The van der Waals surface area contributed by atoms with E-state index < -0.39 is 30.2 Å². The van der Waals surface area contributed by atoms with Crippen LogP contribution in [0.25, 0.3) is 5.52 Å². The van der Waals surface area contributed by atoms with Crippen molar-refractivity contribution in [2.45, 2.75) is 45.0 Å². The van der Waals surface area contributed by atoms with Crippen molar-refractivity contribution >= 4 is 18.1 Å². The predicted octanol–water partition coefficient (Wildman–Crippen LogP) is 2.15. The zero-order valence-corrected chi connectivity index (χ0v) is 17.7. The van der Waals surface area contributed by atoms with Gasteiger partial charge in [-0.05, 0) is 45.9 Å². The van der Waals surface area contributed by atoms with Crippen LogP contribution in [0.3, 0.4) is 0 Å². The monoisotopic (exact) mass is 424 g/mol. The molecule has 1 unspecified atom stereocenters. The third-order valence-corrected chi connectivity index (χ3v) is 5.73. The lowest BCUT2D eigenvalue weighted by molar-refractivity contribution is 0.00578. The van der Waals surface area contributed by atoms with Crippen molar-refractivity contribution in [3.05, 3.63) is 53.9 Å². The Morgan fingerprint density at radius 1 is 1.26 bits per heavy atom. The topological polar surface area (TPSA) is 102 Å². The van der Waals surface area contributed by atoms with Crippen molar-refractivity contribution in [3.8, 4) is 11.8 Å². The lowest BCUT2D eigenvalue weighted by Gasteiger charge is -2.32. The number of hydrogen-bond donors (Lipinski definition) is 1. The van der Waals surface area contributed by atoms with Gasteiger partial charge in [-0.25, -0.2) is 8.91 Å². The first-order valence-corrected chi connectivity index (χ1v) is 9.80. The summed E-state index contributed by atoms with van der Waals surface area (Å²) in [6.07, 6.45) is 3.10. The first kappa shape index (κ1) is 21.2. The van der Waals surface area contributed by atoms with E-state index >= 15 is 0 Å². The molecule has 160 valence electrons. The van der Waals surface area contributed by atoms with Gasteiger partial charge in [-0.3, -0.25) is 4.98 Å². The first-order valence-electron chi connectivity index (χ1n) is 9.80. The standard InChI is InChI=1S/C21H22BFN4O4/c1-20(2)21(3,4)31-22(30-20)14-7-18(19-13(8-24)9-26-27(19)11-14)29-12-17(28)16-6-5-15(23)10-25-16/h5-7,9-11,17,28H,12H2,1-4H3. The van der Waals surface area contributed by atoms with E-state index in [4.69, 9.17) is 14.0 Å². The third kappa shape index (κ3) is 3.88. The molecular weight excluding hydrogens is 402 g/mol. The molecule has 1 saturated heterocycles. The van der Waals surface area contributed by atoms with Crippen LogP contribution in [0.5, 0.6) is 5.75 Å². The molecule has 8 nitrogen and oxygen atoms in total. The van der Waals surface area contributed by atoms with E-state index in [1.165, 1.54) is 22.8 Å². The van der Waals surface area contributed by atoms with Gasteiger partial charge in [-0.1, -0.05) is 0 Å². The SMILES string of the molecule is CC1(C)OB(c2cc(OCC(O)c3ccc(F)cn3)c3c(C#N)cnn3c2)OC1(C)C. The fourth-order valence-corrected chi connectivity index (χ4v) is 3.24. The van der Waals surface area contributed by atoms with Gasteiger partial charge in [0.1, 0.15) is 41.4 Å². The summed E-state index contributed by atoms with van der Waals surface area (Å²) in [4.78, 5) is 3.87. The number of aliphatic hydroxyl groups excluding tert-OH is 1. The fourth-order valence-electron chi connectivity index (χ4n) is 3.24. The summed E-state index contributed by atoms with van der Waals surface area (Å²) >= 11 is 0. The van der Waals surface area contributed by atoms with Gasteiger partial charge in [-0.2, -0.15) is 10.4 Å². The minimum Gasteiger partial charge on any atom is -0.488 e. The molecule has 0 bridgehead atoms. The van der Waals surface area contributed by atoms with E-state index in [1.54, 1.807) is 12.3 Å². The van der Waals surface area contributed by atoms with Crippen molar-refractivity contribution < 1.29 is 23.5 Å². The van der Waals surface area contributed by atoms with Crippen molar-refractivity contribution in [2.75, 3.05) is 6.61 Å². The molecule has 31 heavy (non-hydrogen) atoms. The quantitative estimate of drug-likeness (QED) is 0.627. The molecule has 0 amide bonds. The van der Waals surface area contributed by atoms with Gasteiger partial charge >= 0.3 is 7.12 Å². The van der Waals surface area contributed by atoms with E-state index in [2.05, 4.69) is 16.2 Å². The molecule has 0 radical (unpaired) electrons. The van der Waals surface area contributed by atoms with Crippen LogP contribution in [-0.4, -0.2) is 44.6 Å². The van der Waals surface area contributed by atoms with Gasteiger partial charge in [0.2, 0.25) is 0 Å². The van der Waals surface area contributed by atoms with Crippen LogP contribution in [0.4, 0.5) is 4.39 Å². The summed E-state index contributed by atoms with van der Waals surface area (Å²) in [6, 6.07) is 6.41. The van der Waals surface area contributed by atoms with Gasteiger partial charge in [0, 0.05) is 11.7 Å². The molecule has 1 aliphatic rings. The van der Waals surface area contributed by atoms with Gasteiger partial charge in [0.05, 0.1) is 29.3 Å². The average molecular weight is 424 g/mol. The summed E-state index contributed by atoms with van der Waals surface area (Å²) in [6.45, 7) is 7.66. The zero-order valence-electron chi connectivity index (χ0n) is 17.7. The van der Waals surface area contributed by atoms with Crippen LogP contribution in [0.15, 0.2) is 36.8 Å². The molecule has 4 heterocycles. The van der Waals surface area contributed by atoms with Gasteiger partial charge < -0.3 is 19.2 Å². The zero-order chi connectivity index (χ0) is 22.4. The molecule has 0 spiro atoms. The molecular formula is C21H22BFN4O4. The molecule has 1 N–H and O–H groups in total. The lowest BCUT2D eigenvalue weighted by Crippen LogP contribution is -2.41. The van der Waals surface area contributed by atoms with Crippen LogP contribution >= 0.6 is 0 Å². The van der Waals surface area contributed by atoms with Gasteiger partial charge in [0.25, 0.3) is 0 Å². The number of hydrogen-bond acceptors (Lipinski definition) is 7. The molecule has 4 rings (SSSR count). The normalized spacial score (nSPS) is 18.2. The van der Waals surface area contributed by atoms with Crippen LogP contribution in [-0.2, 0) is 9.31 Å². The van der Waals surface area contributed by atoms with Crippen LogP contribution in [0.1, 0.15) is 45.1 Å². The minimum absolute atomic E-state index is 0.156. The highest BCUT2D eigenvalue weighted by Crippen LogP contribution is 2.37. The molecule has 0 aromatic carbocycles. The molecule has 1 atom stereocenters. The van der Waals surface area contributed by atoms with Crippen LogP contribution in [0.2, 0.25) is 0 Å². The number of fused-ring (bicyclic) bond motifs is 1. The number of nitrogens with zero attached hydrogens (tertiary/aromatic N) is 4. The Morgan fingerprint density at radius 3 is 2.58 bits per heavy atom. The van der Waals surface area contributed by atoms with E-state index in [-0.39, 0.29) is 12.3 Å². The maximum absolute atomic E-state index is 13.1. The predicted molar refractivity (Wildman–Crippen MR) is 110 cm³/mol. The molecule has 0 saturated carbocycles. The lowest BCUT2D eigenvalue weighted by atomic mass is 9.80. The highest BCUT2D eigenvalue weighted by atomic mass is 19.1. The van der Waals surface area contributed by atoms with Gasteiger partial charge in [0.15, 0.2) is 0 Å². The second kappa shape index (κ2) is 7.60. The summed E-state index contributed by atoms with van der Waals surface area (Å²) in [7, 11) is -0.657. The molecule has 3 aromatic heterocycles. The maximum atomic E-state index is 13.1. The van der Waals surface area contributed by atoms with Crippen LogP contribution in [0, 0.1) is 17.1 Å². The highest BCUT2D eigenvalue weighted by Gasteiger charge is 2.52. The van der Waals surface area contributed by atoms with Crippen molar-refractivity contribution in [1.29, 1.82) is 5.26 Å². The number of ether oxygens (including phenoxy) is 1. The number of rotatable bonds is 5. The molecule has 10 heteroatoms. The summed E-state index contributed by atoms with van der Waals surface area (Å²) < 4.78 is 32.7. The minimum atomic E-state index is -1.09. The maximum Gasteiger partial charge on any atom is 0.496 e. The number of pyridine rings is 2. The smallest absolute Gasteiger partial charge is 0.488 e. The van der Waals surface area contributed by atoms with Crippen molar-refractivity contribution in [2.24, 2.45) is 0 Å². The van der Waals surface area contributed by atoms with Crippen molar-refractivity contribution in [1.82, 2.24) is 14.6 Å². The van der Waals surface area contributed by atoms with E-state index in [1.807, 2.05) is 27.7 Å². The summed E-state index contributed by atoms with van der Waals surface area (Å²) in [5.74, 6) is -0.158. The Bertz CT molecular complexity index is 1140. The number of aromatic nitrogens is 3. The summed E-state index contributed by atoms with van der Waals surface area (Å²) in [5, 5.41) is 24.1. The Balaban J connectivity index is 1.66. The van der Waals surface area contributed by atoms with Crippen LogP contribution < -0.4 is 10.2 Å². The Labute approximate surface area is 179 Å². The van der Waals surface area contributed by atoms with E-state index in [0.29, 0.717) is 22.3 Å². The number of aliphatic hydroxyl groups is 1. The molecule has 1 aliphatic heterocycles. The molecule has 1 fully saturated rings. The first-order chi connectivity index (χ1) is 14.6. The van der Waals surface area contributed by atoms with Gasteiger partial charge in [-0.15, -0.1) is 0 Å². The van der Waals surface area contributed by atoms with E-state index in [9.17, 15) is 14.8 Å². The Hall–Kier alpha value is -3.00. The van der Waals surface area contributed by atoms with E-state index in [0.717, 1.165) is 6.20 Å². The second-order valence-corrected chi connectivity index (χ2v) is 8.42. The second-order valence-electron chi connectivity index (χ2n) is 8.42.